The van der Waals surface area contributed by atoms with Gasteiger partial charge in [-0.05, 0) is 28.1 Å². The van der Waals surface area contributed by atoms with E-state index >= 15 is 0 Å². The molecule has 0 amide bonds. The lowest BCUT2D eigenvalue weighted by Crippen LogP contribution is -2.46. The van der Waals surface area contributed by atoms with Crippen LogP contribution < -0.4 is 9.80 Å². The van der Waals surface area contributed by atoms with Crippen LogP contribution in [-0.4, -0.2) is 54.1 Å². The van der Waals surface area contributed by atoms with Crippen molar-refractivity contribution < 1.29 is 14.5 Å². The minimum atomic E-state index is -0.509. The Bertz CT molecular complexity index is 755. The minimum Gasteiger partial charge on any atom is -0.465 e. The molecular formula is C16H17N5O4. The summed E-state index contributed by atoms with van der Waals surface area (Å²) in [6.45, 7) is 3.00. The molecule has 1 aliphatic rings. The lowest BCUT2D eigenvalue weighted by Gasteiger charge is -2.36. The van der Waals surface area contributed by atoms with Gasteiger partial charge in [-0.3, -0.25) is 0 Å². The van der Waals surface area contributed by atoms with Crippen molar-refractivity contribution in [3.05, 3.63) is 52.3 Å². The fourth-order valence-electron chi connectivity index (χ4n) is 2.68. The number of anilines is 2. The second-order valence-corrected chi connectivity index (χ2v) is 5.50. The molecular weight excluding hydrogens is 326 g/mol. The van der Waals surface area contributed by atoms with Gasteiger partial charge in [-0.2, -0.15) is 0 Å². The van der Waals surface area contributed by atoms with Gasteiger partial charge in [-0.1, -0.05) is 0 Å². The summed E-state index contributed by atoms with van der Waals surface area (Å²) in [5.74, 6) is 0.237. The van der Waals surface area contributed by atoms with Crippen molar-refractivity contribution in [2.45, 2.75) is 0 Å². The highest BCUT2D eigenvalue weighted by molar-refractivity contribution is 5.89. The first-order valence-electron chi connectivity index (χ1n) is 7.73. The van der Waals surface area contributed by atoms with Crippen LogP contribution in [0.3, 0.4) is 0 Å². The minimum absolute atomic E-state index is 0.155. The molecule has 0 atom stereocenters. The van der Waals surface area contributed by atoms with E-state index < -0.39 is 10.9 Å². The van der Waals surface area contributed by atoms with E-state index in [1.807, 2.05) is 0 Å². The largest absolute Gasteiger partial charge is 0.465 e. The van der Waals surface area contributed by atoms with Crippen LogP contribution in [0, 0.1) is 10.1 Å². The lowest BCUT2D eigenvalue weighted by atomic mass is 10.2. The Labute approximate surface area is 144 Å². The predicted octanol–water partition coefficient (Wildman–Crippen LogP) is 1.50. The zero-order valence-electron chi connectivity index (χ0n) is 13.7. The number of rotatable bonds is 4. The fourth-order valence-corrected chi connectivity index (χ4v) is 2.68. The number of carbonyl (C=O) groups excluding carboxylic acids is 1. The highest BCUT2D eigenvalue weighted by Gasteiger charge is 2.20. The van der Waals surface area contributed by atoms with Gasteiger partial charge in [0.05, 0.1) is 18.4 Å². The third kappa shape index (κ3) is 3.65. The number of hydrogen-bond donors (Lipinski definition) is 0. The number of pyridine rings is 2. The number of carbonyl (C=O) groups is 1. The van der Waals surface area contributed by atoms with Gasteiger partial charge in [0, 0.05) is 38.4 Å². The van der Waals surface area contributed by atoms with E-state index in [-0.39, 0.29) is 5.82 Å². The molecule has 3 rings (SSSR count). The molecule has 0 aliphatic carbocycles. The van der Waals surface area contributed by atoms with Crippen LogP contribution in [0.2, 0.25) is 0 Å². The molecule has 0 unspecified atom stereocenters. The first-order valence-corrected chi connectivity index (χ1v) is 7.73. The number of aromatic nitrogens is 2. The van der Waals surface area contributed by atoms with E-state index in [4.69, 9.17) is 0 Å². The Balaban J connectivity index is 1.61. The van der Waals surface area contributed by atoms with Crippen LogP contribution in [0.5, 0.6) is 0 Å². The van der Waals surface area contributed by atoms with Crippen molar-refractivity contribution >= 4 is 23.3 Å². The molecule has 9 nitrogen and oxygen atoms in total. The van der Waals surface area contributed by atoms with E-state index in [0.717, 1.165) is 37.7 Å². The molecule has 0 aromatic carbocycles. The lowest BCUT2D eigenvalue weighted by molar-refractivity contribution is -0.389. The van der Waals surface area contributed by atoms with Gasteiger partial charge in [-0.15, -0.1) is 0 Å². The quantitative estimate of drug-likeness (QED) is 0.467. The number of ether oxygens (including phenoxy) is 1. The average Bonchev–Trinajstić information content (AvgIpc) is 2.67. The maximum absolute atomic E-state index is 11.4. The number of methoxy groups -OCH3 is 1. The van der Waals surface area contributed by atoms with Crippen LogP contribution in [0.25, 0.3) is 0 Å². The Morgan fingerprint density at radius 3 is 2.32 bits per heavy atom. The van der Waals surface area contributed by atoms with Crippen molar-refractivity contribution in [3.8, 4) is 0 Å². The number of nitro groups is 1. The van der Waals surface area contributed by atoms with Crippen molar-refractivity contribution in [2.75, 3.05) is 43.1 Å². The first-order chi connectivity index (χ1) is 12.1. The molecule has 1 aliphatic heterocycles. The van der Waals surface area contributed by atoms with Crippen molar-refractivity contribution in [1.29, 1.82) is 0 Å². The normalized spacial score (nSPS) is 14.3. The molecule has 2 aromatic heterocycles. The number of piperazine rings is 1. The fraction of sp³-hybridized carbons (Fsp3) is 0.312. The summed E-state index contributed by atoms with van der Waals surface area (Å²) in [4.78, 5) is 34.0. The molecule has 1 fully saturated rings. The molecule has 0 N–H and O–H groups in total. The van der Waals surface area contributed by atoms with Gasteiger partial charge in [-0.25, -0.2) is 9.78 Å². The summed E-state index contributed by atoms with van der Waals surface area (Å²) in [7, 11) is 1.34. The Morgan fingerprint density at radius 1 is 1.08 bits per heavy atom. The van der Waals surface area contributed by atoms with E-state index in [1.54, 1.807) is 18.2 Å². The molecule has 0 bridgehead atoms. The van der Waals surface area contributed by atoms with Crippen LogP contribution in [-0.2, 0) is 4.74 Å². The Morgan fingerprint density at radius 2 is 1.80 bits per heavy atom. The van der Waals surface area contributed by atoms with Gasteiger partial charge in [0.25, 0.3) is 0 Å². The van der Waals surface area contributed by atoms with E-state index in [0.29, 0.717) is 5.56 Å². The SMILES string of the molecule is COC(=O)c1ccc(N2CCN(c3ccc([N+](=O)[O-])nc3)CC2)nc1. The second-order valence-electron chi connectivity index (χ2n) is 5.50. The van der Waals surface area contributed by atoms with Crippen molar-refractivity contribution in [1.82, 2.24) is 9.97 Å². The predicted molar refractivity (Wildman–Crippen MR) is 90.9 cm³/mol. The summed E-state index contributed by atoms with van der Waals surface area (Å²) < 4.78 is 4.66. The standard InChI is InChI=1S/C16H17N5O4/c1-25-16(22)12-2-4-14(17-10-12)20-8-6-19(7-9-20)13-3-5-15(18-11-13)21(23)24/h2-5,10-11H,6-9H2,1H3. The summed E-state index contributed by atoms with van der Waals surface area (Å²) in [6, 6.07) is 6.62. The first kappa shape index (κ1) is 16.6. The van der Waals surface area contributed by atoms with E-state index in [1.165, 1.54) is 25.6 Å². The van der Waals surface area contributed by atoms with Crippen molar-refractivity contribution in [2.24, 2.45) is 0 Å². The highest BCUT2D eigenvalue weighted by atomic mass is 16.6. The van der Waals surface area contributed by atoms with Gasteiger partial charge >= 0.3 is 11.8 Å². The molecule has 0 radical (unpaired) electrons. The van der Waals surface area contributed by atoms with Crippen LogP contribution in [0.1, 0.15) is 10.4 Å². The van der Waals surface area contributed by atoms with Crippen LogP contribution >= 0.6 is 0 Å². The highest BCUT2D eigenvalue weighted by Crippen LogP contribution is 2.20. The zero-order valence-corrected chi connectivity index (χ0v) is 13.7. The summed E-state index contributed by atoms with van der Waals surface area (Å²) in [5.41, 5.74) is 1.28. The third-order valence-electron chi connectivity index (χ3n) is 4.06. The second kappa shape index (κ2) is 7.12. The Kier molecular flexibility index (Phi) is 4.73. The number of nitrogens with zero attached hydrogens (tertiary/aromatic N) is 5. The third-order valence-corrected chi connectivity index (χ3v) is 4.06. The molecule has 25 heavy (non-hydrogen) atoms. The average molecular weight is 343 g/mol. The van der Waals surface area contributed by atoms with Crippen LogP contribution in [0.4, 0.5) is 17.3 Å². The summed E-state index contributed by atoms with van der Waals surface area (Å²) in [5, 5.41) is 10.7. The van der Waals surface area contributed by atoms with Gasteiger partial charge in [0.1, 0.15) is 5.82 Å². The van der Waals surface area contributed by atoms with E-state index in [2.05, 4.69) is 24.5 Å². The molecule has 0 spiro atoms. The maximum atomic E-state index is 11.4. The van der Waals surface area contributed by atoms with E-state index in [9.17, 15) is 14.9 Å². The maximum Gasteiger partial charge on any atom is 0.363 e. The zero-order chi connectivity index (χ0) is 17.8. The smallest absolute Gasteiger partial charge is 0.363 e. The molecule has 2 aromatic rings. The van der Waals surface area contributed by atoms with Gasteiger partial charge in [0.2, 0.25) is 0 Å². The summed E-state index contributed by atoms with van der Waals surface area (Å²) >= 11 is 0. The topological polar surface area (TPSA) is 102 Å². The molecule has 3 heterocycles. The molecule has 0 saturated carbocycles. The molecule has 130 valence electrons. The van der Waals surface area contributed by atoms with Crippen LogP contribution in [0.15, 0.2) is 36.7 Å². The number of esters is 1. The number of hydrogen-bond acceptors (Lipinski definition) is 8. The molecule has 1 saturated heterocycles. The Hall–Kier alpha value is -3.23. The molecule has 9 heteroatoms. The van der Waals surface area contributed by atoms with Gasteiger partial charge in [0.15, 0.2) is 6.20 Å². The summed E-state index contributed by atoms with van der Waals surface area (Å²) in [6.07, 6.45) is 3.03. The van der Waals surface area contributed by atoms with Gasteiger partial charge < -0.3 is 24.7 Å². The van der Waals surface area contributed by atoms with Crippen molar-refractivity contribution in [3.63, 3.8) is 0 Å². The monoisotopic (exact) mass is 343 g/mol.